The summed E-state index contributed by atoms with van der Waals surface area (Å²) in [5.41, 5.74) is 0. The number of hydrogen-bond acceptors (Lipinski definition) is 4. The molecule has 172 valence electrons. The first-order valence-corrected chi connectivity index (χ1v) is 11.8. The molecular formula is C24H47NO4. The molecule has 0 aliphatic rings. The van der Waals surface area contributed by atoms with Gasteiger partial charge in [0, 0.05) is 18.8 Å². The number of carbonyl (C=O) groups is 2. The Morgan fingerprint density at radius 1 is 0.862 bits per heavy atom. The lowest BCUT2D eigenvalue weighted by Crippen LogP contribution is -2.45. The Kier molecular flexibility index (Phi) is 16.0. The van der Waals surface area contributed by atoms with Gasteiger partial charge in [-0.2, -0.15) is 0 Å². The molecule has 0 rings (SSSR count). The Morgan fingerprint density at radius 2 is 1.38 bits per heavy atom. The van der Waals surface area contributed by atoms with Gasteiger partial charge in [0.1, 0.15) is 6.54 Å². The minimum absolute atomic E-state index is 0.239. The molecule has 0 fully saturated rings. The SMILES string of the molecule is CCCCCCCCCCC(C)CCCCC(=O)OC(CC(=O)[O-])C[N+](C)(C)C. The highest BCUT2D eigenvalue weighted by atomic mass is 16.5. The second kappa shape index (κ2) is 16.7. The first kappa shape index (κ1) is 27.9. The number of carbonyl (C=O) groups excluding carboxylic acids is 2. The average molecular weight is 414 g/mol. The summed E-state index contributed by atoms with van der Waals surface area (Å²) in [5, 5.41) is 10.9. The molecule has 0 amide bonds. The van der Waals surface area contributed by atoms with Gasteiger partial charge in [0.15, 0.2) is 6.10 Å². The molecule has 0 aromatic carbocycles. The van der Waals surface area contributed by atoms with Crippen molar-refractivity contribution in [1.82, 2.24) is 0 Å². The number of carboxylic acid groups (broad SMARTS) is 1. The minimum Gasteiger partial charge on any atom is -0.550 e. The number of ether oxygens (including phenoxy) is 1. The Balaban J connectivity index is 3.80. The van der Waals surface area contributed by atoms with Gasteiger partial charge in [0.25, 0.3) is 0 Å². The van der Waals surface area contributed by atoms with Crippen LogP contribution in [0.1, 0.15) is 104 Å². The van der Waals surface area contributed by atoms with E-state index in [1.165, 1.54) is 57.8 Å². The summed E-state index contributed by atoms with van der Waals surface area (Å²) in [4.78, 5) is 23.0. The van der Waals surface area contributed by atoms with Gasteiger partial charge in [-0.15, -0.1) is 0 Å². The van der Waals surface area contributed by atoms with Crippen LogP contribution >= 0.6 is 0 Å². The maximum absolute atomic E-state index is 12.1. The molecule has 0 heterocycles. The second-order valence-corrected chi connectivity index (χ2v) is 9.78. The highest BCUT2D eigenvalue weighted by Gasteiger charge is 2.22. The van der Waals surface area contributed by atoms with Crippen molar-refractivity contribution in [2.75, 3.05) is 27.7 Å². The predicted octanol–water partition coefficient (Wildman–Crippen LogP) is 4.47. The van der Waals surface area contributed by atoms with Crippen LogP contribution in [0.4, 0.5) is 0 Å². The maximum atomic E-state index is 12.1. The maximum Gasteiger partial charge on any atom is 0.306 e. The molecule has 0 saturated heterocycles. The van der Waals surface area contributed by atoms with Crippen LogP contribution in [0.3, 0.4) is 0 Å². The molecule has 0 N–H and O–H groups in total. The first-order valence-electron chi connectivity index (χ1n) is 11.8. The van der Waals surface area contributed by atoms with Gasteiger partial charge in [-0.3, -0.25) is 4.79 Å². The van der Waals surface area contributed by atoms with Crippen molar-refractivity contribution < 1.29 is 23.9 Å². The fourth-order valence-electron chi connectivity index (χ4n) is 3.72. The van der Waals surface area contributed by atoms with E-state index >= 15 is 0 Å². The van der Waals surface area contributed by atoms with Crippen LogP contribution in [0.2, 0.25) is 0 Å². The highest BCUT2D eigenvalue weighted by molar-refractivity contribution is 5.70. The number of nitrogens with zero attached hydrogens (tertiary/aromatic N) is 1. The summed E-state index contributed by atoms with van der Waals surface area (Å²) >= 11 is 0. The summed E-state index contributed by atoms with van der Waals surface area (Å²) < 4.78 is 5.94. The van der Waals surface area contributed by atoms with Crippen LogP contribution in [0.25, 0.3) is 0 Å². The summed E-state index contributed by atoms with van der Waals surface area (Å²) in [5.74, 6) is -0.762. The van der Waals surface area contributed by atoms with E-state index in [-0.39, 0.29) is 12.4 Å². The standard InChI is InChI=1S/C24H47NO4/c1-6-7-8-9-10-11-12-13-16-21(2)17-14-15-18-24(28)29-22(19-23(26)27)20-25(3,4)5/h21-22H,6-20H2,1-5H3. The number of carboxylic acids is 1. The minimum atomic E-state index is -1.17. The van der Waals surface area contributed by atoms with E-state index in [9.17, 15) is 14.7 Å². The van der Waals surface area contributed by atoms with Gasteiger partial charge in [-0.05, 0) is 12.3 Å². The molecule has 2 unspecified atom stereocenters. The fourth-order valence-corrected chi connectivity index (χ4v) is 3.72. The van der Waals surface area contributed by atoms with Crippen molar-refractivity contribution in [2.24, 2.45) is 5.92 Å². The van der Waals surface area contributed by atoms with Crippen molar-refractivity contribution in [3.05, 3.63) is 0 Å². The van der Waals surface area contributed by atoms with E-state index in [1.807, 2.05) is 21.1 Å². The lowest BCUT2D eigenvalue weighted by atomic mass is 9.96. The zero-order chi connectivity index (χ0) is 22.1. The second-order valence-electron chi connectivity index (χ2n) is 9.78. The molecule has 0 spiro atoms. The van der Waals surface area contributed by atoms with Crippen LogP contribution in [0, 0.1) is 5.92 Å². The molecule has 29 heavy (non-hydrogen) atoms. The van der Waals surface area contributed by atoms with Crippen molar-refractivity contribution in [2.45, 2.75) is 110 Å². The molecule has 2 atom stereocenters. The Bertz CT molecular complexity index is 431. The average Bonchev–Trinajstić information content (AvgIpc) is 2.59. The molecule has 0 aromatic heterocycles. The Labute approximate surface area is 179 Å². The van der Waals surface area contributed by atoms with Crippen LogP contribution in [-0.4, -0.2) is 50.2 Å². The van der Waals surface area contributed by atoms with Crippen LogP contribution < -0.4 is 5.11 Å². The highest BCUT2D eigenvalue weighted by Crippen LogP contribution is 2.18. The third kappa shape index (κ3) is 20.0. The van der Waals surface area contributed by atoms with Crippen LogP contribution in [0.15, 0.2) is 0 Å². The first-order chi connectivity index (χ1) is 13.6. The fraction of sp³-hybridized carbons (Fsp3) is 0.917. The van der Waals surface area contributed by atoms with Gasteiger partial charge >= 0.3 is 5.97 Å². The predicted molar refractivity (Wildman–Crippen MR) is 117 cm³/mol. The Morgan fingerprint density at radius 3 is 1.90 bits per heavy atom. The number of rotatable bonds is 19. The monoisotopic (exact) mass is 413 g/mol. The molecule has 5 nitrogen and oxygen atoms in total. The van der Waals surface area contributed by atoms with Crippen molar-refractivity contribution in [3.8, 4) is 0 Å². The normalized spacial score (nSPS) is 13.8. The van der Waals surface area contributed by atoms with E-state index in [4.69, 9.17) is 4.74 Å². The van der Waals surface area contributed by atoms with Crippen LogP contribution in [-0.2, 0) is 14.3 Å². The summed E-state index contributed by atoms with van der Waals surface area (Å²) in [6.07, 6.45) is 14.6. The van der Waals surface area contributed by atoms with E-state index < -0.39 is 12.1 Å². The van der Waals surface area contributed by atoms with Crippen molar-refractivity contribution in [1.29, 1.82) is 0 Å². The van der Waals surface area contributed by atoms with E-state index in [1.54, 1.807) is 0 Å². The van der Waals surface area contributed by atoms with Gasteiger partial charge in [0.05, 0.1) is 21.1 Å². The van der Waals surface area contributed by atoms with Crippen LogP contribution in [0.5, 0.6) is 0 Å². The largest absolute Gasteiger partial charge is 0.550 e. The van der Waals surface area contributed by atoms with Gasteiger partial charge in [0.2, 0.25) is 0 Å². The Hall–Kier alpha value is -1.10. The molecule has 0 bridgehead atoms. The zero-order valence-corrected chi connectivity index (χ0v) is 19.8. The number of hydrogen-bond donors (Lipinski definition) is 0. The van der Waals surface area contributed by atoms with E-state index in [2.05, 4.69) is 13.8 Å². The third-order valence-electron chi connectivity index (χ3n) is 5.32. The lowest BCUT2D eigenvalue weighted by molar-refractivity contribution is -0.873. The zero-order valence-electron chi connectivity index (χ0n) is 19.8. The van der Waals surface area contributed by atoms with Gasteiger partial charge in [-0.1, -0.05) is 84.5 Å². The smallest absolute Gasteiger partial charge is 0.306 e. The van der Waals surface area contributed by atoms with E-state index in [0.717, 1.165) is 19.3 Å². The molecule has 0 aliphatic carbocycles. The summed E-state index contributed by atoms with van der Waals surface area (Å²) in [7, 11) is 5.85. The molecule has 0 aliphatic heterocycles. The summed E-state index contributed by atoms with van der Waals surface area (Å²) in [6.45, 7) is 5.02. The molecular weight excluding hydrogens is 366 g/mol. The number of quaternary nitrogens is 1. The molecule has 0 saturated carbocycles. The molecule has 5 heteroatoms. The van der Waals surface area contributed by atoms with Crippen molar-refractivity contribution >= 4 is 11.9 Å². The molecule has 0 radical (unpaired) electrons. The van der Waals surface area contributed by atoms with E-state index in [0.29, 0.717) is 23.4 Å². The number of likely N-dealkylation sites (N-methyl/N-ethyl adjacent to an activating group) is 1. The third-order valence-corrected chi connectivity index (χ3v) is 5.32. The molecule has 0 aromatic rings. The van der Waals surface area contributed by atoms with Gasteiger partial charge in [-0.25, -0.2) is 0 Å². The quantitative estimate of drug-likeness (QED) is 0.178. The number of esters is 1. The number of aliphatic carboxylic acids is 1. The lowest BCUT2D eigenvalue weighted by Gasteiger charge is -2.29. The van der Waals surface area contributed by atoms with Gasteiger partial charge < -0.3 is 19.1 Å². The topological polar surface area (TPSA) is 66.4 Å². The van der Waals surface area contributed by atoms with Crippen molar-refractivity contribution in [3.63, 3.8) is 0 Å². The number of unbranched alkanes of at least 4 members (excludes halogenated alkanes) is 8. The summed E-state index contributed by atoms with van der Waals surface area (Å²) in [6, 6.07) is 0.